The molecule has 4 rings (SSSR count). The van der Waals surface area contributed by atoms with Crippen LogP contribution in [-0.4, -0.2) is 60.2 Å². The van der Waals surface area contributed by atoms with E-state index in [9.17, 15) is 24.6 Å². The number of carboxylic acids is 1. The smallest absolute Gasteiger partial charge is 0.305 e. The number of amidine groups is 1. The zero-order chi connectivity index (χ0) is 26.0. The lowest BCUT2D eigenvalue weighted by molar-refractivity contribution is -0.139. The number of thioether (sulfide) groups is 1. The van der Waals surface area contributed by atoms with Crippen molar-refractivity contribution in [1.29, 1.82) is 0 Å². The summed E-state index contributed by atoms with van der Waals surface area (Å²) in [7, 11) is 3.13. The predicted octanol–water partition coefficient (Wildman–Crippen LogP) is 2.64. The Labute approximate surface area is 209 Å². The molecule has 2 N–H and O–H groups in total. The summed E-state index contributed by atoms with van der Waals surface area (Å²) in [6.07, 6.45) is 0.933. The van der Waals surface area contributed by atoms with Gasteiger partial charge in [0.25, 0.3) is 11.5 Å². The number of aliphatic carboxylic acids is 1. The SMILES string of the molecule is COc1cc(/C=N\N2C(=O)[C@H](CC(=O)O)SC2=Nc2c(C)n(C)n(-c3ccccc3)c2=O)ccc1O. The van der Waals surface area contributed by atoms with Crippen molar-refractivity contribution in [1.82, 2.24) is 14.4 Å². The van der Waals surface area contributed by atoms with E-state index < -0.39 is 29.1 Å². The topological polar surface area (TPSA) is 139 Å². The van der Waals surface area contributed by atoms with Crippen molar-refractivity contribution >= 4 is 40.7 Å². The molecule has 0 aliphatic carbocycles. The van der Waals surface area contributed by atoms with Crippen LogP contribution in [0.4, 0.5) is 5.69 Å². The molecule has 186 valence electrons. The first-order chi connectivity index (χ1) is 17.2. The number of aliphatic imine (C=N–C) groups is 1. The number of amides is 1. The van der Waals surface area contributed by atoms with Gasteiger partial charge in [-0.15, -0.1) is 0 Å². The van der Waals surface area contributed by atoms with Gasteiger partial charge in [0.05, 0.1) is 31.1 Å². The molecule has 1 aliphatic rings. The standard InChI is InChI=1S/C24H23N5O6S/c1-14-21(23(34)29(27(14)2)16-7-5-4-6-8-16)26-24-28(22(33)19(36-24)12-20(31)32)25-13-15-9-10-17(30)18(11-15)35-3/h4-11,13,19,30H,12H2,1-3H3,(H,31,32)/b25-13-,26-24?/t19-/m0/s1. The zero-order valence-corrected chi connectivity index (χ0v) is 20.5. The highest BCUT2D eigenvalue weighted by Gasteiger charge is 2.40. The molecule has 0 spiro atoms. The summed E-state index contributed by atoms with van der Waals surface area (Å²) >= 11 is 0.933. The number of carbonyl (C=O) groups excluding carboxylic acids is 1. The minimum Gasteiger partial charge on any atom is -0.504 e. The number of hydrogen-bond donors (Lipinski definition) is 2. The largest absolute Gasteiger partial charge is 0.504 e. The fraction of sp³-hybridized carbons (Fsp3) is 0.208. The molecular formula is C24H23N5O6S. The molecule has 1 atom stereocenters. The lowest BCUT2D eigenvalue weighted by Crippen LogP contribution is -2.28. The van der Waals surface area contributed by atoms with Gasteiger partial charge < -0.3 is 14.9 Å². The number of carbonyl (C=O) groups is 2. The molecule has 11 nitrogen and oxygen atoms in total. The van der Waals surface area contributed by atoms with Gasteiger partial charge in [0, 0.05) is 7.05 Å². The third-order valence-electron chi connectivity index (χ3n) is 5.53. The van der Waals surface area contributed by atoms with Gasteiger partial charge >= 0.3 is 5.97 Å². The third-order valence-corrected chi connectivity index (χ3v) is 6.66. The van der Waals surface area contributed by atoms with Crippen molar-refractivity contribution < 1.29 is 24.5 Å². The van der Waals surface area contributed by atoms with E-state index >= 15 is 0 Å². The summed E-state index contributed by atoms with van der Waals surface area (Å²) in [6.45, 7) is 1.73. The second-order valence-electron chi connectivity index (χ2n) is 7.83. The molecule has 3 aromatic rings. The van der Waals surface area contributed by atoms with Gasteiger partial charge in [-0.2, -0.15) is 10.1 Å². The monoisotopic (exact) mass is 509 g/mol. The van der Waals surface area contributed by atoms with Crippen molar-refractivity contribution in [2.45, 2.75) is 18.6 Å². The number of aromatic hydroxyl groups is 1. The molecule has 36 heavy (non-hydrogen) atoms. The number of aromatic nitrogens is 2. The van der Waals surface area contributed by atoms with E-state index in [-0.39, 0.29) is 22.4 Å². The number of ether oxygens (including phenoxy) is 1. The third kappa shape index (κ3) is 4.75. The lowest BCUT2D eigenvalue weighted by atomic mass is 10.2. The van der Waals surface area contributed by atoms with E-state index in [4.69, 9.17) is 4.74 Å². The molecule has 0 bridgehead atoms. The first-order valence-electron chi connectivity index (χ1n) is 10.8. The van der Waals surface area contributed by atoms with Crippen LogP contribution in [-0.2, 0) is 16.6 Å². The normalized spacial score (nSPS) is 16.9. The molecule has 0 unspecified atom stereocenters. The van der Waals surface area contributed by atoms with Crippen LogP contribution in [0, 0.1) is 6.92 Å². The Morgan fingerprint density at radius 1 is 1.19 bits per heavy atom. The molecule has 0 radical (unpaired) electrons. The van der Waals surface area contributed by atoms with Crippen LogP contribution in [0.3, 0.4) is 0 Å². The van der Waals surface area contributed by atoms with Crippen LogP contribution in [0.15, 0.2) is 63.4 Å². The number of methoxy groups -OCH3 is 1. The van der Waals surface area contributed by atoms with Gasteiger partial charge in [0.1, 0.15) is 5.25 Å². The first kappa shape index (κ1) is 24.8. The number of nitrogens with zero attached hydrogens (tertiary/aromatic N) is 5. The number of benzene rings is 2. The highest BCUT2D eigenvalue weighted by molar-refractivity contribution is 8.15. The van der Waals surface area contributed by atoms with E-state index in [0.29, 0.717) is 16.9 Å². The van der Waals surface area contributed by atoms with Crippen LogP contribution >= 0.6 is 11.8 Å². The van der Waals surface area contributed by atoms with Crippen LogP contribution < -0.4 is 10.3 Å². The fourth-order valence-electron chi connectivity index (χ4n) is 3.60. The minimum atomic E-state index is -1.14. The Bertz CT molecular complexity index is 1440. The van der Waals surface area contributed by atoms with Gasteiger partial charge in [-0.05, 0) is 42.8 Å². The molecule has 1 aromatic heterocycles. The molecule has 2 aromatic carbocycles. The number of phenols is 1. The number of rotatable bonds is 7. The van der Waals surface area contributed by atoms with E-state index in [1.165, 1.54) is 30.1 Å². The molecular weight excluding hydrogens is 486 g/mol. The molecule has 1 amide bonds. The van der Waals surface area contributed by atoms with Crippen LogP contribution in [0.25, 0.3) is 5.69 Å². The van der Waals surface area contributed by atoms with Crippen molar-refractivity contribution in [3.8, 4) is 17.2 Å². The summed E-state index contributed by atoms with van der Waals surface area (Å²) in [6, 6.07) is 13.6. The fourth-order valence-corrected chi connectivity index (χ4v) is 4.67. The number of carboxylic acid groups (broad SMARTS) is 1. The lowest BCUT2D eigenvalue weighted by Gasteiger charge is -2.09. The predicted molar refractivity (Wildman–Crippen MR) is 136 cm³/mol. The molecule has 1 fully saturated rings. The van der Waals surface area contributed by atoms with E-state index in [1.54, 1.807) is 36.9 Å². The van der Waals surface area contributed by atoms with Gasteiger partial charge in [0.15, 0.2) is 22.4 Å². The van der Waals surface area contributed by atoms with Crippen molar-refractivity contribution in [2.75, 3.05) is 7.11 Å². The summed E-state index contributed by atoms with van der Waals surface area (Å²) in [4.78, 5) is 42.1. The number of para-hydroxylation sites is 1. The van der Waals surface area contributed by atoms with Gasteiger partial charge in [-0.25, -0.2) is 9.67 Å². The summed E-state index contributed by atoms with van der Waals surface area (Å²) < 4.78 is 8.21. The van der Waals surface area contributed by atoms with Gasteiger partial charge in [-0.1, -0.05) is 30.0 Å². The Morgan fingerprint density at radius 3 is 2.58 bits per heavy atom. The maximum atomic E-state index is 13.3. The second kappa shape index (κ2) is 10.1. The zero-order valence-electron chi connectivity index (χ0n) is 19.7. The maximum absolute atomic E-state index is 13.3. The molecule has 0 saturated carbocycles. The quantitative estimate of drug-likeness (QED) is 0.467. The highest BCUT2D eigenvalue weighted by atomic mass is 32.2. The van der Waals surface area contributed by atoms with E-state index in [1.807, 2.05) is 18.2 Å². The van der Waals surface area contributed by atoms with Crippen LogP contribution in [0.5, 0.6) is 11.5 Å². The molecule has 2 heterocycles. The van der Waals surface area contributed by atoms with Crippen LogP contribution in [0.2, 0.25) is 0 Å². The highest BCUT2D eigenvalue weighted by Crippen LogP contribution is 2.32. The average Bonchev–Trinajstić information content (AvgIpc) is 3.26. The van der Waals surface area contributed by atoms with E-state index in [0.717, 1.165) is 16.8 Å². The van der Waals surface area contributed by atoms with Crippen molar-refractivity contribution in [2.24, 2.45) is 17.1 Å². The molecule has 1 aliphatic heterocycles. The second-order valence-corrected chi connectivity index (χ2v) is 9.00. The first-order valence-corrected chi connectivity index (χ1v) is 11.6. The van der Waals surface area contributed by atoms with E-state index in [2.05, 4.69) is 10.1 Å². The molecule has 1 saturated heterocycles. The Hall–Kier alpha value is -4.32. The maximum Gasteiger partial charge on any atom is 0.305 e. The van der Waals surface area contributed by atoms with Gasteiger partial charge in [0.2, 0.25) is 0 Å². The minimum absolute atomic E-state index is 0.0551. The summed E-state index contributed by atoms with van der Waals surface area (Å²) in [5.41, 5.74) is 1.44. The molecule has 12 heteroatoms. The number of hydrazone groups is 1. The van der Waals surface area contributed by atoms with Crippen molar-refractivity contribution in [3.63, 3.8) is 0 Å². The Balaban J connectivity index is 1.76. The Kier molecular flexibility index (Phi) is 6.97. The van der Waals surface area contributed by atoms with Crippen molar-refractivity contribution in [3.05, 3.63) is 70.1 Å². The number of hydrogen-bond acceptors (Lipinski definition) is 8. The summed E-state index contributed by atoms with van der Waals surface area (Å²) in [5.74, 6) is -1.54. The van der Waals surface area contributed by atoms with Crippen LogP contribution in [0.1, 0.15) is 17.7 Å². The Morgan fingerprint density at radius 2 is 1.92 bits per heavy atom. The average molecular weight is 510 g/mol. The van der Waals surface area contributed by atoms with Gasteiger partial charge in [-0.3, -0.25) is 19.1 Å². The number of phenolic OH excluding ortho intramolecular Hbond substituents is 1. The summed E-state index contributed by atoms with van der Waals surface area (Å²) in [5, 5.41) is 23.4.